The van der Waals surface area contributed by atoms with Crippen LogP contribution in [0.2, 0.25) is 0 Å². The number of hydrogen-bond donors (Lipinski definition) is 0. The number of hydrogen-bond acceptors (Lipinski definition) is 4. The van der Waals surface area contributed by atoms with E-state index in [0.29, 0.717) is 12.2 Å². The van der Waals surface area contributed by atoms with Gasteiger partial charge in [0.1, 0.15) is 0 Å². The Kier molecular flexibility index (Phi) is 2.86. The van der Waals surface area contributed by atoms with Gasteiger partial charge in [-0.3, -0.25) is 4.79 Å². The molecule has 0 radical (unpaired) electrons. The lowest BCUT2D eigenvalue weighted by atomic mass is 10.1. The van der Waals surface area contributed by atoms with Crippen molar-refractivity contribution in [2.24, 2.45) is 0 Å². The molecular formula is C11H12O3S. The van der Waals surface area contributed by atoms with E-state index >= 15 is 0 Å². The molecule has 15 heavy (non-hydrogen) atoms. The summed E-state index contributed by atoms with van der Waals surface area (Å²) < 4.78 is 10.6. The predicted molar refractivity (Wildman–Crippen MR) is 59.0 cm³/mol. The van der Waals surface area contributed by atoms with Crippen LogP contribution in [0.5, 0.6) is 11.5 Å². The van der Waals surface area contributed by atoms with Crippen LogP contribution in [0.1, 0.15) is 23.7 Å². The van der Waals surface area contributed by atoms with Crippen LogP contribution in [0.15, 0.2) is 17.0 Å². The molecule has 1 aromatic rings. The van der Waals surface area contributed by atoms with Gasteiger partial charge in [-0.15, -0.1) is 11.8 Å². The quantitative estimate of drug-likeness (QED) is 0.584. The highest BCUT2D eigenvalue weighted by atomic mass is 32.2. The van der Waals surface area contributed by atoms with Gasteiger partial charge >= 0.3 is 0 Å². The molecule has 0 unspecified atom stereocenters. The van der Waals surface area contributed by atoms with E-state index in [1.54, 1.807) is 6.07 Å². The summed E-state index contributed by atoms with van der Waals surface area (Å²) in [4.78, 5) is 12.6. The first kappa shape index (κ1) is 10.4. The second-order valence-corrected chi connectivity index (χ2v) is 3.97. The molecule has 0 spiro atoms. The fourth-order valence-corrected chi connectivity index (χ4v) is 2.31. The van der Waals surface area contributed by atoms with Crippen LogP contribution in [0.4, 0.5) is 0 Å². The Hall–Kier alpha value is -1.16. The van der Waals surface area contributed by atoms with Crippen molar-refractivity contribution in [3.63, 3.8) is 0 Å². The summed E-state index contributed by atoms with van der Waals surface area (Å²) in [7, 11) is 0. The molecule has 0 saturated carbocycles. The maximum absolute atomic E-state index is 11.7. The topological polar surface area (TPSA) is 35.5 Å². The maximum atomic E-state index is 11.7. The Bertz CT molecular complexity index is 401. The lowest BCUT2D eigenvalue weighted by Gasteiger charge is -2.08. The highest BCUT2D eigenvalue weighted by Gasteiger charge is 2.22. The van der Waals surface area contributed by atoms with Crippen LogP contribution in [-0.4, -0.2) is 18.8 Å². The largest absolute Gasteiger partial charge is 0.454 e. The minimum atomic E-state index is 0.137. The lowest BCUT2D eigenvalue weighted by molar-refractivity contribution is 0.0984. The average molecular weight is 224 g/mol. The predicted octanol–water partition coefficient (Wildman–Crippen LogP) is 2.73. The van der Waals surface area contributed by atoms with Gasteiger partial charge in [0.15, 0.2) is 17.3 Å². The fraction of sp³-hybridized carbons (Fsp3) is 0.364. The van der Waals surface area contributed by atoms with Gasteiger partial charge in [0.2, 0.25) is 6.79 Å². The fourth-order valence-electron chi connectivity index (χ4n) is 1.56. The van der Waals surface area contributed by atoms with Crippen molar-refractivity contribution >= 4 is 17.5 Å². The minimum Gasteiger partial charge on any atom is -0.454 e. The molecule has 0 aliphatic carbocycles. The second kappa shape index (κ2) is 4.14. The number of benzene rings is 1. The molecule has 0 atom stereocenters. The number of Topliss-reactive ketones (excluding diaryl/α,β-unsaturated/α-hetero) is 1. The molecule has 2 rings (SSSR count). The molecule has 0 N–H and O–H groups in total. The van der Waals surface area contributed by atoms with Gasteiger partial charge in [-0.05, 0) is 18.4 Å². The van der Waals surface area contributed by atoms with Gasteiger partial charge in [-0.2, -0.15) is 0 Å². The van der Waals surface area contributed by atoms with E-state index in [1.807, 2.05) is 19.2 Å². The molecule has 1 aromatic carbocycles. The zero-order valence-electron chi connectivity index (χ0n) is 8.70. The number of rotatable bonds is 3. The monoisotopic (exact) mass is 224 g/mol. The van der Waals surface area contributed by atoms with Crippen molar-refractivity contribution < 1.29 is 14.3 Å². The number of fused-ring (bicyclic) bond motifs is 1. The molecule has 0 fully saturated rings. The van der Waals surface area contributed by atoms with Crippen LogP contribution >= 0.6 is 11.8 Å². The van der Waals surface area contributed by atoms with Crippen LogP contribution in [0.25, 0.3) is 0 Å². The highest BCUT2D eigenvalue weighted by Crippen LogP contribution is 2.42. The van der Waals surface area contributed by atoms with Gasteiger partial charge in [-0.1, -0.05) is 6.92 Å². The molecule has 80 valence electrons. The van der Waals surface area contributed by atoms with Crippen molar-refractivity contribution in [3.05, 3.63) is 17.7 Å². The van der Waals surface area contributed by atoms with Gasteiger partial charge in [0.25, 0.3) is 0 Å². The van der Waals surface area contributed by atoms with E-state index in [1.165, 1.54) is 11.8 Å². The van der Waals surface area contributed by atoms with E-state index in [0.717, 1.165) is 16.2 Å². The third kappa shape index (κ3) is 1.69. The summed E-state index contributed by atoms with van der Waals surface area (Å²) in [5, 5.41) is 0. The lowest BCUT2D eigenvalue weighted by Crippen LogP contribution is -1.99. The highest BCUT2D eigenvalue weighted by molar-refractivity contribution is 7.98. The molecule has 4 heteroatoms. The Morgan fingerprint density at radius 2 is 2.27 bits per heavy atom. The molecule has 0 amide bonds. The number of ketones is 1. The van der Waals surface area contributed by atoms with Crippen LogP contribution in [0, 0.1) is 0 Å². The van der Waals surface area contributed by atoms with E-state index in [-0.39, 0.29) is 12.6 Å². The summed E-state index contributed by atoms with van der Waals surface area (Å²) in [5.74, 6) is 1.58. The smallest absolute Gasteiger partial charge is 0.231 e. The van der Waals surface area contributed by atoms with Gasteiger partial charge < -0.3 is 9.47 Å². The first-order valence-electron chi connectivity index (χ1n) is 4.77. The standard InChI is InChI=1S/C11H12O3S/c1-3-8(12)7-4-5-9-10(11(7)15-2)14-6-13-9/h4-5H,3,6H2,1-2H3. The van der Waals surface area contributed by atoms with Crippen molar-refractivity contribution in [3.8, 4) is 11.5 Å². The third-order valence-electron chi connectivity index (χ3n) is 2.32. The summed E-state index contributed by atoms with van der Waals surface area (Å²) in [5.41, 5.74) is 0.731. The normalized spacial score (nSPS) is 12.9. The molecule has 0 saturated heterocycles. The zero-order chi connectivity index (χ0) is 10.8. The number of ether oxygens (including phenoxy) is 2. The number of carbonyl (C=O) groups excluding carboxylic acids is 1. The van der Waals surface area contributed by atoms with Gasteiger partial charge in [0.05, 0.1) is 4.90 Å². The van der Waals surface area contributed by atoms with Crippen molar-refractivity contribution in [2.45, 2.75) is 18.2 Å². The van der Waals surface area contributed by atoms with E-state index in [2.05, 4.69) is 0 Å². The molecule has 0 aromatic heterocycles. The second-order valence-electron chi connectivity index (χ2n) is 3.16. The zero-order valence-corrected chi connectivity index (χ0v) is 9.52. The summed E-state index contributed by atoms with van der Waals surface area (Å²) in [6.45, 7) is 2.10. The van der Waals surface area contributed by atoms with E-state index in [4.69, 9.17) is 9.47 Å². The molecule has 1 aliphatic heterocycles. The maximum Gasteiger partial charge on any atom is 0.231 e. The molecule has 1 aliphatic rings. The first-order valence-corrected chi connectivity index (χ1v) is 6.00. The summed E-state index contributed by atoms with van der Waals surface area (Å²) in [6.07, 6.45) is 2.44. The Morgan fingerprint density at radius 3 is 2.93 bits per heavy atom. The van der Waals surface area contributed by atoms with Crippen LogP contribution in [0.3, 0.4) is 0 Å². The molecule has 1 heterocycles. The summed E-state index contributed by atoms with van der Waals surface area (Å²) in [6, 6.07) is 3.61. The molecule has 0 bridgehead atoms. The third-order valence-corrected chi connectivity index (χ3v) is 3.13. The van der Waals surface area contributed by atoms with Crippen LogP contribution < -0.4 is 9.47 Å². The first-order chi connectivity index (χ1) is 7.27. The van der Waals surface area contributed by atoms with E-state index in [9.17, 15) is 4.79 Å². The number of carbonyl (C=O) groups is 1. The minimum absolute atomic E-state index is 0.137. The number of thioether (sulfide) groups is 1. The Labute approximate surface area is 92.8 Å². The van der Waals surface area contributed by atoms with Crippen molar-refractivity contribution in [1.29, 1.82) is 0 Å². The molecular weight excluding hydrogens is 212 g/mol. The van der Waals surface area contributed by atoms with Crippen molar-refractivity contribution in [1.82, 2.24) is 0 Å². The molecule has 3 nitrogen and oxygen atoms in total. The van der Waals surface area contributed by atoms with Gasteiger partial charge in [-0.25, -0.2) is 0 Å². The Balaban J connectivity index is 2.52. The van der Waals surface area contributed by atoms with Crippen molar-refractivity contribution in [2.75, 3.05) is 13.0 Å². The SMILES string of the molecule is CCC(=O)c1ccc2c(c1SC)OCO2. The average Bonchev–Trinajstić information content (AvgIpc) is 2.74. The van der Waals surface area contributed by atoms with E-state index < -0.39 is 0 Å². The van der Waals surface area contributed by atoms with Crippen LogP contribution in [-0.2, 0) is 0 Å². The Morgan fingerprint density at radius 1 is 1.47 bits per heavy atom. The van der Waals surface area contributed by atoms with Gasteiger partial charge in [0, 0.05) is 12.0 Å². The summed E-state index contributed by atoms with van der Waals surface area (Å²) >= 11 is 1.52.